The van der Waals surface area contributed by atoms with Gasteiger partial charge in [-0.15, -0.1) is 0 Å². The van der Waals surface area contributed by atoms with Crippen LogP contribution in [0.2, 0.25) is 0 Å². The van der Waals surface area contributed by atoms with Crippen LogP contribution in [0.15, 0.2) is 48.5 Å². The molecule has 0 spiro atoms. The second-order valence-electron chi connectivity index (χ2n) is 6.43. The van der Waals surface area contributed by atoms with Crippen molar-refractivity contribution >= 4 is 0 Å². The zero-order chi connectivity index (χ0) is 22.1. The zero-order valence-electron chi connectivity index (χ0n) is 15.5. The summed E-state index contributed by atoms with van der Waals surface area (Å²) in [4.78, 5) is 0. The first-order valence-corrected chi connectivity index (χ1v) is 8.76. The molecule has 30 heavy (non-hydrogen) atoms. The van der Waals surface area contributed by atoms with Gasteiger partial charge in [0.1, 0.15) is 23.3 Å². The molecule has 0 aliphatic heterocycles. The fourth-order valence-electron chi connectivity index (χ4n) is 2.91. The Kier molecular flexibility index (Phi) is 5.88. The molecule has 3 aromatic carbocycles. The largest absolute Gasteiger partial charge is 0.458 e. The lowest BCUT2D eigenvalue weighted by atomic mass is 9.97. The highest BCUT2D eigenvalue weighted by Crippen LogP contribution is 2.31. The van der Waals surface area contributed by atoms with Crippen molar-refractivity contribution in [2.24, 2.45) is 0 Å². The van der Waals surface area contributed by atoms with Crippen molar-refractivity contribution in [3.05, 3.63) is 82.9 Å². The van der Waals surface area contributed by atoms with E-state index in [-0.39, 0.29) is 22.3 Å². The van der Waals surface area contributed by atoms with Crippen LogP contribution in [-0.4, -0.2) is 6.18 Å². The molecular formula is C23H13F7. The summed E-state index contributed by atoms with van der Waals surface area (Å²) >= 11 is 0. The van der Waals surface area contributed by atoms with E-state index in [1.165, 1.54) is 30.2 Å². The molecule has 0 fully saturated rings. The van der Waals surface area contributed by atoms with Crippen LogP contribution in [0.5, 0.6) is 0 Å². The van der Waals surface area contributed by atoms with E-state index in [2.05, 4.69) is 0 Å². The average Bonchev–Trinajstić information content (AvgIpc) is 2.66. The van der Waals surface area contributed by atoms with E-state index in [9.17, 15) is 30.7 Å². The van der Waals surface area contributed by atoms with Crippen molar-refractivity contribution in [3.63, 3.8) is 0 Å². The lowest BCUT2D eigenvalue weighted by Gasteiger charge is -2.10. The molecule has 3 rings (SSSR count). The van der Waals surface area contributed by atoms with Gasteiger partial charge in [0.15, 0.2) is 0 Å². The predicted molar refractivity (Wildman–Crippen MR) is 99.5 cm³/mol. The third-order valence-electron chi connectivity index (χ3n) is 4.40. The highest BCUT2D eigenvalue weighted by Gasteiger charge is 2.24. The molecule has 0 saturated heterocycles. The maximum Gasteiger partial charge on any atom is 0.458 e. The molecule has 0 N–H and O–H groups in total. The van der Waals surface area contributed by atoms with E-state index in [1.54, 1.807) is 6.07 Å². The SMILES string of the molecule is CCc1ccc(-c2ccc(-c3cc(F)c(C#CC(F)(F)F)c(F)c3)c(F)c2)c(F)c1. The van der Waals surface area contributed by atoms with Gasteiger partial charge in [-0.05, 0) is 47.4 Å². The number of alkyl halides is 3. The molecule has 0 nitrogen and oxygen atoms in total. The molecular weight excluding hydrogens is 409 g/mol. The van der Waals surface area contributed by atoms with Gasteiger partial charge in [-0.2, -0.15) is 13.2 Å². The van der Waals surface area contributed by atoms with E-state index in [1.807, 2.05) is 6.92 Å². The molecule has 0 radical (unpaired) electrons. The van der Waals surface area contributed by atoms with Crippen LogP contribution in [0.1, 0.15) is 18.1 Å². The Morgan fingerprint density at radius 1 is 0.700 bits per heavy atom. The van der Waals surface area contributed by atoms with Gasteiger partial charge in [-0.3, -0.25) is 0 Å². The maximum absolute atomic E-state index is 14.6. The standard InChI is InChI=1S/C23H13F7/c1-2-13-3-5-16(19(24)9-13)14-4-6-17(20(25)10-14)15-11-21(26)18(22(27)12-15)7-8-23(28,29)30/h3-6,9-12H,2H2,1H3. The zero-order valence-corrected chi connectivity index (χ0v) is 15.5. The average molecular weight is 422 g/mol. The summed E-state index contributed by atoms with van der Waals surface area (Å²) in [5, 5.41) is 0. The first-order valence-electron chi connectivity index (χ1n) is 8.76. The number of aryl methyl sites for hydroxylation is 1. The summed E-state index contributed by atoms with van der Waals surface area (Å²) in [6, 6.07) is 9.56. The van der Waals surface area contributed by atoms with Crippen molar-refractivity contribution in [2.45, 2.75) is 19.5 Å². The van der Waals surface area contributed by atoms with Crippen LogP contribution in [0.4, 0.5) is 30.7 Å². The summed E-state index contributed by atoms with van der Waals surface area (Å²) in [6.45, 7) is 1.86. The summed E-state index contributed by atoms with van der Waals surface area (Å²) in [5.41, 5.74) is -0.331. The van der Waals surface area contributed by atoms with Gasteiger partial charge in [0.05, 0.1) is 5.56 Å². The van der Waals surface area contributed by atoms with Gasteiger partial charge >= 0.3 is 6.18 Å². The topological polar surface area (TPSA) is 0 Å². The minimum Gasteiger partial charge on any atom is -0.206 e. The molecule has 0 bridgehead atoms. The summed E-state index contributed by atoms with van der Waals surface area (Å²) < 4.78 is 93.5. The predicted octanol–water partition coefficient (Wildman–Crippen LogP) is 7.05. The van der Waals surface area contributed by atoms with Crippen molar-refractivity contribution in [1.29, 1.82) is 0 Å². The van der Waals surface area contributed by atoms with Crippen LogP contribution >= 0.6 is 0 Å². The van der Waals surface area contributed by atoms with Gasteiger partial charge in [0, 0.05) is 17.0 Å². The first-order chi connectivity index (χ1) is 14.1. The number of hydrogen-bond acceptors (Lipinski definition) is 0. The van der Waals surface area contributed by atoms with Crippen molar-refractivity contribution in [1.82, 2.24) is 0 Å². The lowest BCUT2D eigenvalue weighted by Crippen LogP contribution is -2.02. The third kappa shape index (κ3) is 4.65. The molecule has 0 atom stereocenters. The van der Waals surface area contributed by atoms with Gasteiger partial charge in [0.2, 0.25) is 0 Å². The molecule has 3 aromatic rings. The van der Waals surface area contributed by atoms with Crippen molar-refractivity contribution < 1.29 is 30.7 Å². The smallest absolute Gasteiger partial charge is 0.206 e. The first kappa shape index (κ1) is 21.4. The normalized spacial score (nSPS) is 11.2. The summed E-state index contributed by atoms with van der Waals surface area (Å²) in [7, 11) is 0. The highest BCUT2D eigenvalue weighted by molar-refractivity contribution is 5.72. The van der Waals surface area contributed by atoms with E-state index >= 15 is 0 Å². The quantitative estimate of drug-likeness (QED) is 0.313. The molecule has 0 saturated carbocycles. The lowest BCUT2D eigenvalue weighted by molar-refractivity contribution is -0.0696. The van der Waals surface area contributed by atoms with E-state index in [4.69, 9.17) is 0 Å². The van der Waals surface area contributed by atoms with E-state index < -0.39 is 35.0 Å². The summed E-state index contributed by atoms with van der Waals surface area (Å²) in [5.74, 6) is -1.93. The van der Waals surface area contributed by atoms with Crippen molar-refractivity contribution in [2.75, 3.05) is 0 Å². The van der Waals surface area contributed by atoms with Crippen LogP contribution in [0.25, 0.3) is 22.3 Å². The maximum atomic E-state index is 14.6. The van der Waals surface area contributed by atoms with Crippen LogP contribution in [-0.2, 0) is 6.42 Å². The van der Waals surface area contributed by atoms with Gasteiger partial charge in [-0.25, -0.2) is 17.6 Å². The molecule has 154 valence electrons. The Bertz CT molecular complexity index is 1140. The fourth-order valence-corrected chi connectivity index (χ4v) is 2.91. The minimum atomic E-state index is -4.91. The number of hydrogen-bond donors (Lipinski definition) is 0. The second-order valence-corrected chi connectivity index (χ2v) is 6.43. The monoisotopic (exact) mass is 422 g/mol. The molecule has 0 aliphatic carbocycles. The molecule has 0 heterocycles. The Balaban J connectivity index is 2.00. The summed E-state index contributed by atoms with van der Waals surface area (Å²) in [6.07, 6.45) is -4.28. The van der Waals surface area contributed by atoms with Crippen LogP contribution < -0.4 is 0 Å². The molecule has 0 unspecified atom stereocenters. The Morgan fingerprint density at radius 2 is 1.23 bits per heavy atom. The Morgan fingerprint density at radius 3 is 1.77 bits per heavy atom. The van der Waals surface area contributed by atoms with Crippen LogP contribution in [0.3, 0.4) is 0 Å². The molecule has 0 aliphatic rings. The van der Waals surface area contributed by atoms with Gasteiger partial charge in [0.25, 0.3) is 0 Å². The van der Waals surface area contributed by atoms with E-state index in [0.29, 0.717) is 18.6 Å². The second kappa shape index (κ2) is 8.23. The number of halogens is 7. The Hall–Kier alpha value is -3.27. The van der Waals surface area contributed by atoms with Gasteiger partial charge < -0.3 is 0 Å². The number of rotatable bonds is 3. The molecule has 0 aromatic heterocycles. The molecule has 7 heteroatoms. The van der Waals surface area contributed by atoms with Gasteiger partial charge in [-0.1, -0.05) is 37.1 Å². The third-order valence-corrected chi connectivity index (χ3v) is 4.40. The van der Waals surface area contributed by atoms with Crippen LogP contribution in [0, 0.1) is 35.1 Å². The molecule has 0 amide bonds. The highest BCUT2D eigenvalue weighted by atomic mass is 19.4. The minimum absolute atomic E-state index is 0.160. The van der Waals surface area contributed by atoms with Crippen molar-refractivity contribution in [3.8, 4) is 34.1 Å². The Labute approximate surface area is 168 Å². The number of benzene rings is 3. The fraction of sp³-hybridized carbons (Fsp3) is 0.130. The van der Waals surface area contributed by atoms with E-state index in [0.717, 1.165) is 17.6 Å².